The van der Waals surface area contributed by atoms with Crippen LogP contribution in [0.5, 0.6) is 0 Å². The van der Waals surface area contributed by atoms with Crippen LogP contribution in [0, 0.1) is 17.3 Å². The number of aromatic amines is 1. The minimum absolute atomic E-state index is 0.0167. The van der Waals surface area contributed by atoms with Crippen molar-refractivity contribution in [2.24, 2.45) is 23.0 Å². The molecule has 11 atom stereocenters. The largest absolute Gasteiger partial charge is 0.467 e. The van der Waals surface area contributed by atoms with Gasteiger partial charge in [-0.2, -0.15) is 0 Å². The monoisotopic (exact) mass is 911 g/mol. The smallest absolute Gasteiger partial charge is 0.323 e. The molecule has 2 bridgehead atoms. The van der Waals surface area contributed by atoms with Crippen LogP contribution in [0.1, 0.15) is 94.2 Å². The summed E-state index contributed by atoms with van der Waals surface area (Å²) in [4.78, 5) is 50.4. The number of ether oxygens (including phenoxy) is 2. The fourth-order valence-corrected chi connectivity index (χ4v) is 14.1. The van der Waals surface area contributed by atoms with Gasteiger partial charge in [-0.25, -0.2) is 0 Å². The fourth-order valence-electron chi connectivity index (χ4n) is 14.1. The van der Waals surface area contributed by atoms with Gasteiger partial charge in [-0.3, -0.25) is 24.2 Å². The lowest BCUT2D eigenvalue weighted by Crippen LogP contribution is -2.81. The van der Waals surface area contributed by atoms with Crippen molar-refractivity contribution in [3.05, 3.63) is 76.5 Å². The number of likely N-dealkylation sites (N-methyl/N-ethyl adjacent to an activating group) is 1. The zero-order valence-corrected chi connectivity index (χ0v) is 39.2. The van der Waals surface area contributed by atoms with E-state index in [1.54, 1.807) is 0 Å². The zero-order chi connectivity index (χ0) is 47.0. The molecule has 6 heterocycles. The number of benzene rings is 2. The van der Waals surface area contributed by atoms with Crippen LogP contribution in [0.4, 0.5) is 5.69 Å². The number of piperidine rings is 1. The number of aliphatic hydroxyl groups is 4. The lowest BCUT2D eigenvalue weighted by molar-refractivity contribution is -0.203. The van der Waals surface area contributed by atoms with Crippen molar-refractivity contribution in [3.63, 3.8) is 0 Å². The van der Waals surface area contributed by atoms with E-state index in [0.717, 1.165) is 52.1 Å². The average molecular weight is 911 g/mol. The number of hydrogen-bond donors (Lipinski definition) is 7. The van der Waals surface area contributed by atoms with Crippen LogP contribution in [-0.2, 0) is 47.7 Å². The molecule has 15 heteroatoms. The molecule has 5 aliphatic heterocycles. The highest BCUT2D eigenvalue weighted by molar-refractivity contribution is 5.91. The van der Waals surface area contributed by atoms with E-state index >= 15 is 0 Å². The van der Waals surface area contributed by atoms with E-state index in [9.17, 15) is 34.8 Å². The van der Waals surface area contributed by atoms with Crippen molar-refractivity contribution in [2.75, 3.05) is 64.4 Å². The number of hydrogen-bond acceptors (Lipinski definition) is 13. The van der Waals surface area contributed by atoms with E-state index < -0.39 is 57.5 Å². The zero-order valence-electron chi connectivity index (χ0n) is 39.2. The number of amides is 1. The van der Waals surface area contributed by atoms with Gasteiger partial charge in [0.05, 0.1) is 30.3 Å². The highest BCUT2D eigenvalue weighted by Crippen LogP contribution is 2.67. The first-order valence-electron chi connectivity index (χ1n) is 24.2. The molecule has 1 aromatic heterocycles. The van der Waals surface area contributed by atoms with Gasteiger partial charge in [0.15, 0.2) is 5.60 Å². The molecule has 1 saturated carbocycles. The van der Waals surface area contributed by atoms with E-state index in [2.05, 4.69) is 38.3 Å². The molecule has 8 N–H and O–H groups in total. The van der Waals surface area contributed by atoms with Crippen molar-refractivity contribution in [2.45, 2.75) is 126 Å². The second kappa shape index (κ2) is 17.3. The van der Waals surface area contributed by atoms with Gasteiger partial charge in [-0.05, 0) is 97.7 Å². The van der Waals surface area contributed by atoms with Crippen molar-refractivity contribution in [1.82, 2.24) is 20.1 Å². The summed E-state index contributed by atoms with van der Waals surface area (Å²) in [6, 6.07) is 10.4. The Bertz CT molecular complexity index is 2390. The molecular formula is C51H70N6O9. The summed E-state index contributed by atoms with van der Waals surface area (Å²) in [7, 11) is 1.87. The summed E-state index contributed by atoms with van der Waals surface area (Å²) in [5.41, 5.74) is 5.83. The van der Waals surface area contributed by atoms with Gasteiger partial charge in [-0.1, -0.05) is 64.1 Å². The number of fused-ring (bicyclic) bond motifs is 6. The molecule has 2 aromatic carbocycles. The van der Waals surface area contributed by atoms with Crippen LogP contribution >= 0.6 is 0 Å². The fraction of sp³-hybridized carbons (Fsp3) is 0.627. The van der Waals surface area contributed by atoms with E-state index in [1.807, 2.05) is 70.0 Å². The number of esters is 1. The maximum atomic E-state index is 14.9. The second-order valence-electron chi connectivity index (χ2n) is 20.9. The molecule has 358 valence electrons. The molecule has 15 nitrogen and oxygen atoms in total. The molecule has 1 aliphatic carbocycles. The lowest BCUT2D eigenvalue weighted by atomic mass is 9.47. The molecule has 1 spiro atoms. The molecule has 0 radical (unpaired) electrons. The molecule has 2 saturated heterocycles. The van der Waals surface area contributed by atoms with Crippen LogP contribution in [-0.4, -0.2) is 149 Å². The average Bonchev–Trinajstić information content (AvgIpc) is 3.98. The minimum Gasteiger partial charge on any atom is -0.467 e. The lowest BCUT2D eigenvalue weighted by Gasteiger charge is -2.63. The van der Waals surface area contributed by atoms with Crippen LogP contribution in [0.25, 0.3) is 10.9 Å². The van der Waals surface area contributed by atoms with Crippen LogP contribution < -0.4 is 16.0 Å². The Kier molecular flexibility index (Phi) is 12.3. The number of nitrogens with one attached hydrogen (secondary N) is 2. The van der Waals surface area contributed by atoms with Crippen molar-refractivity contribution in [3.8, 4) is 0 Å². The summed E-state index contributed by atoms with van der Waals surface area (Å²) in [5, 5.41) is 53.9. The number of anilines is 1. The van der Waals surface area contributed by atoms with E-state index in [1.165, 1.54) is 0 Å². The summed E-state index contributed by atoms with van der Waals surface area (Å²) in [6.07, 6.45) is 6.18. The van der Waals surface area contributed by atoms with E-state index in [-0.39, 0.29) is 50.7 Å². The number of carbonyl (C=O) groups is 3. The third-order valence-corrected chi connectivity index (χ3v) is 17.1. The Morgan fingerprint density at radius 2 is 1.86 bits per heavy atom. The van der Waals surface area contributed by atoms with Gasteiger partial charge in [0.25, 0.3) is 12.4 Å². The standard InChI is InChI=1S/C51H70N6O9/c1-6-47(63)24-32-25-49(29-65-30-59,41-35(14-19-56(26-32)28-47)34-12-8-9-13-38(34)54-41)36-23-37-39(22-33(36)27-58)55(5)44-50(37)16-20-57-18-10-15-48(7-2,43(50)57)45(61)51(44,64)46(62)53-17-11-21-66-42(60)40(52)31(3)4/h8-10,12-13,15,22-23,30-32,40,43-45,54,58,61,63-64H,6-7,11,14,16-21,24-29,52H2,1-5H3,(H,53,62)/t32?,40?,43?,44?,45-,47?,48-,49+,50-,51+/m1/s1. The van der Waals surface area contributed by atoms with Crippen molar-refractivity contribution >= 4 is 34.9 Å². The Morgan fingerprint density at radius 1 is 1.08 bits per heavy atom. The van der Waals surface area contributed by atoms with Gasteiger partial charge < -0.3 is 50.8 Å². The van der Waals surface area contributed by atoms with Gasteiger partial charge in [0.1, 0.15) is 18.8 Å². The first kappa shape index (κ1) is 46.7. The van der Waals surface area contributed by atoms with Gasteiger partial charge >= 0.3 is 5.97 Å². The molecule has 66 heavy (non-hydrogen) atoms. The molecule has 9 rings (SSSR count). The number of aliphatic hydroxyl groups excluding tert-OH is 2. The number of carbonyl (C=O) groups excluding carboxylic acids is 3. The van der Waals surface area contributed by atoms with Crippen LogP contribution in [0.2, 0.25) is 0 Å². The van der Waals surface area contributed by atoms with Gasteiger partial charge in [0.2, 0.25) is 0 Å². The molecular weight excluding hydrogens is 841 g/mol. The Morgan fingerprint density at radius 3 is 2.59 bits per heavy atom. The third-order valence-electron chi connectivity index (χ3n) is 17.1. The Labute approximate surface area is 387 Å². The van der Waals surface area contributed by atoms with E-state index in [4.69, 9.17) is 15.2 Å². The number of nitrogens with zero attached hydrogens (tertiary/aromatic N) is 3. The predicted molar refractivity (Wildman–Crippen MR) is 250 cm³/mol. The summed E-state index contributed by atoms with van der Waals surface area (Å²) in [5.74, 6) is -1.34. The number of nitrogens with two attached hydrogens (primary N) is 1. The minimum atomic E-state index is -2.33. The van der Waals surface area contributed by atoms with Crippen LogP contribution in [0.3, 0.4) is 0 Å². The maximum absolute atomic E-state index is 14.9. The summed E-state index contributed by atoms with van der Waals surface area (Å²) >= 11 is 0. The highest BCUT2D eigenvalue weighted by Gasteiger charge is 2.78. The normalized spacial score (nSPS) is 35.0. The molecule has 6 aliphatic rings. The SMILES string of the molecule is CCC1(O)CC2C[N@](CCc3c([nH]c4ccccc34)[C@@](COC=O)(c3cc4c(cc3CO)N(C)C3[C@]45CCN4CC=C[C@](CC)(C45)[C@@H](O)[C@]3(O)C(=O)NCCCOC(=O)C(N)C(C)C)C2)C1. The quantitative estimate of drug-likeness (QED) is 0.0538. The third kappa shape index (κ3) is 6.88. The Balaban J connectivity index is 1.21. The maximum Gasteiger partial charge on any atom is 0.323 e. The summed E-state index contributed by atoms with van der Waals surface area (Å²) < 4.78 is 11.4. The molecule has 5 unspecified atom stereocenters. The predicted octanol–water partition coefficient (Wildman–Crippen LogP) is 2.76. The van der Waals surface area contributed by atoms with Gasteiger partial charge in [0, 0.05) is 78.9 Å². The molecule has 1 amide bonds. The van der Waals surface area contributed by atoms with Crippen LogP contribution in [0.15, 0.2) is 48.6 Å². The topological polar surface area (TPSA) is 214 Å². The first-order valence-corrected chi connectivity index (χ1v) is 24.2. The number of rotatable bonds is 14. The van der Waals surface area contributed by atoms with E-state index in [0.29, 0.717) is 70.2 Å². The summed E-state index contributed by atoms with van der Waals surface area (Å²) in [6.45, 7) is 11.3. The Hall–Kier alpha value is -4.35. The second-order valence-corrected chi connectivity index (χ2v) is 20.9. The molecule has 3 aromatic rings. The molecule has 3 fully saturated rings. The van der Waals surface area contributed by atoms with Crippen molar-refractivity contribution < 1.29 is 44.3 Å². The number of H-pyrrole nitrogens is 1. The first-order chi connectivity index (χ1) is 31.6. The number of para-hydroxylation sites is 1. The van der Waals surface area contributed by atoms with Crippen molar-refractivity contribution in [1.29, 1.82) is 0 Å². The van der Waals surface area contributed by atoms with Gasteiger partial charge in [-0.15, -0.1) is 0 Å². The number of aromatic nitrogens is 1. The highest BCUT2D eigenvalue weighted by atomic mass is 16.5.